The molecule has 0 saturated heterocycles. The molecule has 1 aliphatic rings. The number of rotatable bonds is 7. The molecule has 31 heavy (non-hydrogen) atoms. The van der Waals surface area contributed by atoms with Crippen molar-refractivity contribution in [1.82, 2.24) is 4.72 Å². The van der Waals surface area contributed by atoms with Gasteiger partial charge in [-0.2, -0.15) is 0 Å². The van der Waals surface area contributed by atoms with Crippen LogP contribution in [0.1, 0.15) is 40.1 Å². The number of benzene rings is 3. The Morgan fingerprint density at radius 2 is 1.81 bits per heavy atom. The van der Waals surface area contributed by atoms with Gasteiger partial charge >= 0.3 is 5.97 Å². The lowest BCUT2D eigenvalue weighted by molar-refractivity contribution is 0.0525. The highest BCUT2D eigenvalue weighted by atomic mass is 32.2. The third-order valence-corrected chi connectivity index (χ3v) is 6.78. The van der Waals surface area contributed by atoms with Crippen LogP contribution in [0.3, 0.4) is 0 Å². The van der Waals surface area contributed by atoms with Crippen LogP contribution in [0.25, 0.3) is 10.8 Å². The second kappa shape index (κ2) is 8.13. The summed E-state index contributed by atoms with van der Waals surface area (Å²) in [4.78, 5) is 26.5. The Morgan fingerprint density at radius 1 is 1.03 bits per heavy atom. The molecule has 0 saturated carbocycles. The summed E-state index contributed by atoms with van der Waals surface area (Å²) in [5.41, 5.74) is 2.04. The number of ether oxygens (including phenoxy) is 1. The van der Waals surface area contributed by atoms with E-state index in [1.807, 2.05) is 6.92 Å². The van der Waals surface area contributed by atoms with Crippen molar-refractivity contribution in [3.05, 3.63) is 71.3 Å². The zero-order chi connectivity index (χ0) is 22.2. The second-order valence-corrected chi connectivity index (χ2v) is 8.80. The number of carbonyl (C=O) groups is 2. The van der Waals surface area contributed by atoms with E-state index >= 15 is 0 Å². The van der Waals surface area contributed by atoms with Crippen LogP contribution in [0.5, 0.6) is 0 Å². The van der Waals surface area contributed by atoms with E-state index in [-0.39, 0.29) is 24.0 Å². The van der Waals surface area contributed by atoms with Gasteiger partial charge in [0.2, 0.25) is 10.0 Å². The normalized spacial score (nSPS) is 13.1. The molecule has 1 amide bonds. The number of carbonyl (C=O) groups excluding carboxylic acids is 2. The lowest BCUT2D eigenvalue weighted by Gasteiger charge is -2.16. The number of anilines is 1. The monoisotopic (exact) mass is 438 g/mol. The van der Waals surface area contributed by atoms with Gasteiger partial charge in [0.1, 0.15) is 0 Å². The van der Waals surface area contributed by atoms with Gasteiger partial charge in [-0.1, -0.05) is 30.3 Å². The van der Waals surface area contributed by atoms with Crippen molar-refractivity contribution < 1.29 is 22.7 Å². The maximum atomic E-state index is 13.2. The number of sulfonamides is 1. The molecule has 0 spiro atoms. The van der Waals surface area contributed by atoms with Crippen LogP contribution in [0.2, 0.25) is 0 Å². The first kappa shape index (κ1) is 21.0. The second-order valence-electron chi connectivity index (χ2n) is 7.06. The average Bonchev–Trinajstić information content (AvgIpc) is 3.05. The number of nitrogens with zero attached hydrogens (tertiary/aromatic N) is 1. The molecular weight excluding hydrogens is 416 g/mol. The van der Waals surface area contributed by atoms with E-state index < -0.39 is 16.0 Å². The Morgan fingerprint density at radius 3 is 2.55 bits per heavy atom. The van der Waals surface area contributed by atoms with Crippen molar-refractivity contribution in [1.29, 1.82) is 0 Å². The molecule has 160 valence electrons. The molecule has 0 unspecified atom stereocenters. The Kier molecular flexibility index (Phi) is 5.51. The molecular formula is C23H22N2O5S. The van der Waals surface area contributed by atoms with Crippen LogP contribution in [-0.4, -0.2) is 33.4 Å². The summed E-state index contributed by atoms with van der Waals surface area (Å²) < 4.78 is 34.0. The van der Waals surface area contributed by atoms with Crippen LogP contribution in [-0.2, 0) is 21.3 Å². The Balaban J connectivity index is 1.70. The van der Waals surface area contributed by atoms with Crippen LogP contribution in [0.4, 0.5) is 5.69 Å². The van der Waals surface area contributed by atoms with Crippen molar-refractivity contribution in [3.8, 4) is 0 Å². The first-order chi connectivity index (χ1) is 14.9. The maximum Gasteiger partial charge on any atom is 0.338 e. The molecule has 0 aliphatic carbocycles. The summed E-state index contributed by atoms with van der Waals surface area (Å²) in [5, 5.41) is 1.13. The number of hydrogen-bond donors (Lipinski definition) is 1. The number of hydrogen-bond acceptors (Lipinski definition) is 5. The SMILES string of the molecule is CCOC(=O)c1ccccc1CNS(=O)(=O)c1ccc2c3c(cccc13)C(=O)N2CC. The summed E-state index contributed by atoms with van der Waals surface area (Å²) in [6, 6.07) is 15.0. The first-order valence-electron chi connectivity index (χ1n) is 10.0. The number of esters is 1. The zero-order valence-corrected chi connectivity index (χ0v) is 18.0. The predicted octanol–water partition coefficient (Wildman–Crippen LogP) is 3.48. The first-order valence-corrected chi connectivity index (χ1v) is 11.5. The van der Waals surface area contributed by atoms with Gasteiger partial charge in [0, 0.05) is 29.4 Å². The predicted molar refractivity (Wildman–Crippen MR) is 118 cm³/mol. The van der Waals surface area contributed by atoms with Gasteiger partial charge in [0.25, 0.3) is 5.91 Å². The molecule has 1 N–H and O–H groups in total. The average molecular weight is 439 g/mol. The van der Waals surface area contributed by atoms with Gasteiger partial charge in [-0.15, -0.1) is 0 Å². The summed E-state index contributed by atoms with van der Waals surface area (Å²) in [7, 11) is -3.92. The van der Waals surface area contributed by atoms with Crippen LogP contribution < -0.4 is 9.62 Å². The largest absolute Gasteiger partial charge is 0.462 e. The van der Waals surface area contributed by atoms with Gasteiger partial charge in [-0.25, -0.2) is 17.9 Å². The van der Waals surface area contributed by atoms with Crippen molar-refractivity contribution in [2.75, 3.05) is 18.1 Å². The van der Waals surface area contributed by atoms with Crippen molar-refractivity contribution >= 4 is 38.4 Å². The molecule has 1 aliphatic heterocycles. The third-order valence-electron chi connectivity index (χ3n) is 5.32. The third kappa shape index (κ3) is 3.58. The minimum atomic E-state index is -3.92. The highest BCUT2D eigenvalue weighted by Gasteiger charge is 2.31. The van der Waals surface area contributed by atoms with Gasteiger partial charge in [-0.3, -0.25) is 4.79 Å². The van der Waals surface area contributed by atoms with Crippen LogP contribution in [0.15, 0.2) is 59.5 Å². The number of nitrogens with one attached hydrogen (secondary N) is 1. The van der Waals surface area contributed by atoms with E-state index in [2.05, 4.69) is 4.72 Å². The summed E-state index contributed by atoms with van der Waals surface area (Å²) in [6.45, 7) is 4.25. The molecule has 4 rings (SSSR count). The summed E-state index contributed by atoms with van der Waals surface area (Å²) in [6.07, 6.45) is 0. The fourth-order valence-corrected chi connectivity index (χ4v) is 5.11. The molecule has 3 aromatic carbocycles. The highest BCUT2D eigenvalue weighted by molar-refractivity contribution is 7.89. The minimum Gasteiger partial charge on any atom is -0.462 e. The molecule has 1 heterocycles. The lowest BCUT2D eigenvalue weighted by Crippen LogP contribution is -2.26. The van der Waals surface area contributed by atoms with E-state index in [1.165, 1.54) is 6.07 Å². The molecule has 0 bridgehead atoms. The Labute approximate surface area is 180 Å². The smallest absolute Gasteiger partial charge is 0.338 e. The lowest BCUT2D eigenvalue weighted by atomic mass is 10.1. The quantitative estimate of drug-likeness (QED) is 0.570. The molecule has 3 aromatic rings. The summed E-state index contributed by atoms with van der Waals surface area (Å²) in [5.74, 6) is -0.630. The molecule has 0 atom stereocenters. The Bertz CT molecular complexity index is 1300. The minimum absolute atomic E-state index is 0.0692. The molecule has 8 heteroatoms. The number of amides is 1. The Hall–Kier alpha value is -3.23. The van der Waals surface area contributed by atoms with Crippen LogP contribution in [0, 0.1) is 0 Å². The molecule has 7 nitrogen and oxygen atoms in total. The fraction of sp³-hybridized carbons (Fsp3) is 0.217. The van der Waals surface area contributed by atoms with E-state index in [1.54, 1.807) is 60.4 Å². The van der Waals surface area contributed by atoms with Gasteiger partial charge in [0.05, 0.1) is 22.8 Å². The zero-order valence-electron chi connectivity index (χ0n) is 17.2. The van der Waals surface area contributed by atoms with E-state index in [0.717, 1.165) is 0 Å². The molecule has 0 aromatic heterocycles. The summed E-state index contributed by atoms with van der Waals surface area (Å²) >= 11 is 0. The van der Waals surface area contributed by atoms with E-state index in [4.69, 9.17) is 4.74 Å². The van der Waals surface area contributed by atoms with E-state index in [9.17, 15) is 18.0 Å². The van der Waals surface area contributed by atoms with E-state index in [0.29, 0.717) is 39.7 Å². The molecule has 0 fully saturated rings. The highest BCUT2D eigenvalue weighted by Crippen LogP contribution is 2.39. The van der Waals surface area contributed by atoms with Crippen molar-refractivity contribution in [2.45, 2.75) is 25.3 Å². The van der Waals surface area contributed by atoms with Crippen molar-refractivity contribution in [2.24, 2.45) is 0 Å². The van der Waals surface area contributed by atoms with Gasteiger partial charge in [-0.05, 0) is 43.7 Å². The maximum absolute atomic E-state index is 13.2. The topological polar surface area (TPSA) is 92.8 Å². The van der Waals surface area contributed by atoms with Gasteiger partial charge in [0.15, 0.2) is 0 Å². The standard InChI is InChI=1S/C23H22N2O5S/c1-3-25-19-12-13-20(17-10-7-11-18(21(17)19)22(25)26)31(28,29)24-14-15-8-5-6-9-16(15)23(27)30-4-2/h5-13,24H,3-4,14H2,1-2H3. The van der Waals surface area contributed by atoms with Gasteiger partial charge < -0.3 is 9.64 Å². The fourth-order valence-electron chi connectivity index (χ4n) is 3.90. The van der Waals surface area contributed by atoms with Crippen molar-refractivity contribution in [3.63, 3.8) is 0 Å². The molecule has 0 radical (unpaired) electrons. The van der Waals surface area contributed by atoms with Crippen LogP contribution >= 0.6 is 0 Å².